The van der Waals surface area contributed by atoms with Gasteiger partial charge in [-0.2, -0.15) is 13.2 Å². The zero-order chi connectivity index (χ0) is 28.6. The number of aromatic nitrogens is 3. The van der Waals surface area contributed by atoms with Crippen molar-refractivity contribution in [3.63, 3.8) is 0 Å². The molecule has 0 bridgehead atoms. The number of nitrogens with zero attached hydrogens (tertiary/aromatic N) is 4. The normalized spacial score (nSPS) is 12.3. The number of para-hydroxylation sites is 2. The number of fused-ring (bicyclic) bond motifs is 1. The number of imidazole rings is 1. The van der Waals surface area contributed by atoms with Crippen molar-refractivity contribution in [1.82, 2.24) is 19.4 Å². The van der Waals surface area contributed by atoms with Gasteiger partial charge in [0.1, 0.15) is 5.75 Å². The van der Waals surface area contributed by atoms with Gasteiger partial charge in [-0.1, -0.05) is 12.1 Å². The number of hydrogen-bond acceptors (Lipinski definition) is 8. The lowest BCUT2D eigenvalue weighted by atomic mass is 10.2. The van der Waals surface area contributed by atoms with E-state index in [-0.39, 0.29) is 35.6 Å². The van der Waals surface area contributed by atoms with Crippen molar-refractivity contribution in [2.24, 2.45) is 0 Å². The number of pyridine rings is 1. The van der Waals surface area contributed by atoms with Gasteiger partial charge in [0.05, 0.1) is 46.5 Å². The first-order chi connectivity index (χ1) is 18.5. The van der Waals surface area contributed by atoms with E-state index in [0.29, 0.717) is 36.0 Å². The molecule has 14 heteroatoms. The molecule has 0 N–H and O–H groups in total. The van der Waals surface area contributed by atoms with Gasteiger partial charge in [0, 0.05) is 25.4 Å². The molecular weight excluding hydrogens is 541 g/mol. The number of unbranched alkanes of at least 4 members (excludes halogenated alkanes) is 1. The summed E-state index contributed by atoms with van der Waals surface area (Å²) < 4.78 is 67.0. The first kappa shape index (κ1) is 29.9. The molecule has 10 nitrogen and oxygen atoms in total. The zero-order valence-electron chi connectivity index (χ0n) is 21.7. The maximum atomic E-state index is 13.5. The number of amides is 1. The maximum Gasteiger partial charge on any atom is 0.508 e. The van der Waals surface area contributed by atoms with Gasteiger partial charge in [-0.05, 0) is 44.9 Å². The quantitative estimate of drug-likeness (QED) is 0.238. The molecule has 1 atom stereocenters. The molecule has 39 heavy (non-hydrogen) atoms. The minimum atomic E-state index is -4.51. The molecule has 212 valence electrons. The molecule has 0 unspecified atom stereocenters. The van der Waals surface area contributed by atoms with Crippen LogP contribution in [-0.4, -0.2) is 75.4 Å². The third-order valence-corrected chi connectivity index (χ3v) is 6.76. The van der Waals surface area contributed by atoms with E-state index in [1.807, 2.05) is 0 Å². The second kappa shape index (κ2) is 13.4. The van der Waals surface area contributed by atoms with Crippen LogP contribution in [0.5, 0.6) is 5.75 Å². The number of hydrogen-bond donors (Lipinski definition) is 0. The SMILES string of the molecule is CCOC(=O)OCCCCN(C)C(=O)n1c([S@@](=O)Cc2nccc(OCC(F)(F)F)c2C)nc2ccccc21. The van der Waals surface area contributed by atoms with Crippen LogP contribution in [0.1, 0.15) is 31.0 Å². The van der Waals surface area contributed by atoms with Crippen molar-refractivity contribution in [2.75, 3.05) is 33.4 Å². The summed E-state index contributed by atoms with van der Waals surface area (Å²) in [6, 6.07) is 7.65. The molecule has 3 aromatic rings. The molecule has 0 saturated heterocycles. The number of ether oxygens (including phenoxy) is 3. The summed E-state index contributed by atoms with van der Waals surface area (Å²) in [5.74, 6) is -0.216. The lowest BCUT2D eigenvalue weighted by Crippen LogP contribution is -2.33. The van der Waals surface area contributed by atoms with Crippen LogP contribution in [0.2, 0.25) is 0 Å². The molecule has 2 aromatic heterocycles. The summed E-state index contributed by atoms with van der Waals surface area (Å²) in [6.07, 6.45) is -2.96. The number of rotatable bonds is 11. The summed E-state index contributed by atoms with van der Waals surface area (Å²) >= 11 is 0. The highest BCUT2D eigenvalue weighted by Gasteiger charge is 2.29. The van der Waals surface area contributed by atoms with Crippen LogP contribution in [0.3, 0.4) is 0 Å². The second-order valence-corrected chi connectivity index (χ2v) is 9.78. The first-order valence-electron chi connectivity index (χ1n) is 12.1. The minimum Gasteiger partial charge on any atom is -0.484 e. The molecule has 0 aliphatic rings. The second-order valence-electron chi connectivity index (χ2n) is 8.44. The fourth-order valence-corrected chi connectivity index (χ4v) is 4.83. The van der Waals surface area contributed by atoms with Crippen molar-refractivity contribution in [3.8, 4) is 5.75 Å². The highest BCUT2D eigenvalue weighted by atomic mass is 32.2. The molecule has 1 amide bonds. The van der Waals surface area contributed by atoms with Crippen LogP contribution >= 0.6 is 0 Å². The van der Waals surface area contributed by atoms with E-state index in [0.717, 1.165) is 0 Å². The van der Waals surface area contributed by atoms with Crippen LogP contribution in [0.4, 0.5) is 22.8 Å². The van der Waals surface area contributed by atoms with Gasteiger partial charge in [0.15, 0.2) is 6.61 Å². The van der Waals surface area contributed by atoms with Crippen molar-refractivity contribution >= 4 is 34.0 Å². The number of carbonyl (C=O) groups is 2. The Morgan fingerprint density at radius 1 is 1.13 bits per heavy atom. The number of alkyl halides is 3. The van der Waals surface area contributed by atoms with Crippen LogP contribution in [0.15, 0.2) is 41.7 Å². The summed E-state index contributed by atoms with van der Waals surface area (Å²) in [5, 5.41) is -0.0125. The molecule has 0 fully saturated rings. The van der Waals surface area contributed by atoms with E-state index < -0.39 is 35.8 Å². The van der Waals surface area contributed by atoms with Gasteiger partial charge in [0.2, 0.25) is 5.16 Å². The zero-order valence-corrected chi connectivity index (χ0v) is 22.5. The Morgan fingerprint density at radius 3 is 2.59 bits per heavy atom. The summed E-state index contributed by atoms with van der Waals surface area (Å²) in [5.41, 5.74) is 1.48. The molecule has 0 saturated carbocycles. The third kappa shape index (κ3) is 8.15. The summed E-state index contributed by atoms with van der Waals surface area (Å²) in [4.78, 5) is 34.7. The van der Waals surface area contributed by atoms with E-state index in [1.54, 1.807) is 38.2 Å². The van der Waals surface area contributed by atoms with E-state index in [2.05, 4.69) is 9.97 Å². The molecule has 0 aliphatic heterocycles. The standard InChI is InChI=1S/C25H29F3N4O6S/c1-4-36-24(34)37-14-8-7-13-31(3)23(33)32-20-10-6-5-9-18(20)30-22(32)39(35)15-19-17(2)21(11-12-29-19)38-16-25(26,27)28/h5-6,9-12H,4,7-8,13-16H2,1-3H3/t39-/m0/s1. The van der Waals surface area contributed by atoms with Gasteiger partial charge in [-0.3, -0.25) is 9.19 Å². The predicted octanol–water partition coefficient (Wildman–Crippen LogP) is 4.84. The molecule has 0 aliphatic carbocycles. The molecule has 0 spiro atoms. The van der Waals surface area contributed by atoms with Crippen molar-refractivity contribution in [2.45, 2.75) is 43.8 Å². The Balaban J connectivity index is 1.76. The van der Waals surface area contributed by atoms with E-state index in [4.69, 9.17) is 14.2 Å². The van der Waals surface area contributed by atoms with Crippen LogP contribution in [0, 0.1) is 6.92 Å². The van der Waals surface area contributed by atoms with Crippen LogP contribution < -0.4 is 4.74 Å². The molecule has 2 heterocycles. The molecule has 1 aromatic carbocycles. The smallest absolute Gasteiger partial charge is 0.484 e. The Kier molecular flexibility index (Phi) is 10.3. The first-order valence-corrected chi connectivity index (χ1v) is 13.4. The van der Waals surface area contributed by atoms with Gasteiger partial charge in [-0.15, -0.1) is 0 Å². The van der Waals surface area contributed by atoms with Crippen molar-refractivity contribution < 1.29 is 41.2 Å². The van der Waals surface area contributed by atoms with Gasteiger partial charge >= 0.3 is 18.4 Å². The average molecular weight is 571 g/mol. The highest BCUT2D eigenvalue weighted by molar-refractivity contribution is 7.84. The fourth-order valence-electron chi connectivity index (χ4n) is 3.58. The van der Waals surface area contributed by atoms with Crippen molar-refractivity contribution in [3.05, 3.63) is 47.8 Å². The Hall–Kier alpha value is -3.68. The van der Waals surface area contributed by atoms with Gasteiger partial charge in [0.25, 0.3) is 0 Å². The molecular formula is C25H29F3N4O6S. The summed E-state index contributed by atoms with van der Waals surface area (Å²) in [6.45, 7) is 2.41. The largest absolute Gasteiger partial charge is 0.508 e. The Morgan fingerprint density at radius 2 is 1.87 bits per heavy atom. The van der Waals surface area contributed by atoms with Crippen LogP contribution in [0.25, 0.3) is 11.0 Å². The number of halogens is 3. The number of carbonyl (C=O) groups excluding carboxylic acids is 2. The van der Waals surface area contributed by atoms with Crippen molar-refractivity contribution in [1.29, 1.82) is 0 Å². The topological polar surface area (TPSA) is 113 Å². The van der Waals surface area contributed by atoms with Gasteiger partial charge in [-0.25, -0.2) is 19.1 Å². The highest BCUT2D eigenvalue weighted by Crippen LogP contribution is 2.26. The van der Waals surface area contributed by atoms with Crippen LogP contribution in [-0.2, 0) is 26.0 Å². The predicted molar refractivity (Wildman–Crippen MR) is 136 cm³/mol. The van der Waals surface area contributed by atoms with E-state index in [9.17, 15) is 27.0 Å². The van der Waals surface area contributed by atoms with E-state index in [1.165, 1.54) is 28.7 Å². The minimum absolute atomic E-state index is 0.0125. The molecule has 0 radical (unpaired) electrons. The molecule has 3 rings (SSSR count). The average Bonchev–Trinajstić information content (AvgIpc) is 3.28. The number of benzene rings is 1. The maximum absolute atomic E-state index is 13.5. The van der Waals surface area contributed by atoms with Gasteiger partial charge < -0.3 is 19.1 Å². The third-order valence-electron chi connectivity index (χ3n) is 5.54. The lowest BCUT2D eigenvalue weighted by Gasteiger charge is -2.19. The Bertz CT molecular complexity index is 1330. The Labute approximate surface area is 225 Å². The lowest BCUT2D eigenvalue weighted by molar-refractivity contribution is -0.153. The monoisotopic (exact) mass is 570 g/mol. The fraction of sp³-hybridized carbons (Fsp3) is 0.440. The van der Waals surface area contributed by atoms with E-state index >= 15 is 0 Å². The summed E-state index contributed by atoms with van der Waals surface area (Å²) in [7, 11) is -0.292.